The van der Waals surface area contributed by atoms with Crippen LogP contribution in [0.1, 0.15) is 28.9 Å². The van der Waals surface area contributed by atoms with Crippen LogP contribution < -0.4 is 4.72 Å². The number of rotatable bonds is 3. The minimum atomic E-state index is -3.20. The van der Waals surface area contributed by atoms with Crippen molar-refractivity contribution in [1.82, 2.24) is 19.0 Å². The molecule has 0 atom stereocenters. The first-order valence-electron chi connectivity index (χ1n) is 7.54. The van der Waals surface area contributed by atoms with Gasteiger partial charge in [-0.2, -0.15) is 0 Å². The number of amides is 1. The van der Waals surface area contributed by atoms with Crippen LogP contribution in [0.5, 0.6) is 0 Å². The molecule has 1 aliphatic heterocycles. The Morgan fingerprint density at radius 1 is 1.35 bits per heavy atom. The number of hydrogen-bond donors (Lipinski definition) is 1. The van der Waals surface area contributed by atoms with Crippen molar-refractivity contribution in [1.29, 1.82) is 0 Å². The van der Waals surface area contributed by atoms with Gasteiger partial charge in [-0.05, 0) is 37.5 Å². The second-order valence-electron chi connectivity index (χ2n) is 6.05. The molecule has 0 bridgehead atoms. The van der Waals surface area contributed by atoms with E-state index in [1.54, 1.807) is 11.1 Å². The lowest BCUT2D eigenvalue weighted by molar-refractivity contribution is 0.0706. The number of piperidine rings is 1. The van der Waals surface area contributed by atoms with E-state index in [0.717, 1.165) is 17.5 Å². The summed E-state index contributed by atoms with van der Waals surface area (Å²) in [6.45, 7) is 3.04. The second-order valence-corrected chi connectivity index (χ2v) is 7.83. The van der Waals surface area contributed by atoms with Gasteiger partial charge in [-0.1, -0.05) is 0 Å². The molecule has 2 aromatic heterocycles. The van der Waals surface area contributed by atoms with E-state index in [9.17, 15) is 13.2 Å². The number of carbonyl (C=O) groups excluding carboxylic acids is 1. The first kappa shape index (κ1) is 15.9. The van der Waals surface area contributed by atoms with Crippen LogP contribution in [0, 0.1) is 6.92 Å². The quantitative estimate of drug-likeness (QED) is 0.898. The van der Waals surface area contributed by atoms with Gasteiger partial charge in [0.1, 0.15) is 11.3 Å². The highest BCUT2D eigenvalue weighted by atomic mass is 32.2. The maximum absolute atomic E-state index is 12.6. The van der Waals surface area contributed by atoms with Gasteiger partial charge in [0, 0.05) is 31.5 Å². The summed E-state index contributed by atoms with van der Waals surface area (Å²) in [5.74, 6) is -0.107. The molecule has 1 N–H and O–H groups in total. The van der Waals surface area contributed by atoms with Gasteiger partial charge in [-0.25, -0.2) is 18.1 Å². The van der Waals surface area contributed by atoms with E-state index in [-0.39, 0.29) is 11.9 Å². The molecular formula is C15H20N4O3S. The second kappa shape index (κ2) is 5.93. The summed E-state index contributed by atoms with van der Waals surface area (Å²) < 4.78 is 26.9. The minimum absolute atomic E-state index is 0.0993. The van der Waals surface area contributed by atoms with E-state index in [1.165, 1.54) is 0 Å². The monoisotopic (exact) mass is 336 g/mol. The fourth-order valence-corrected chi connectivity index (χ4v) is 3.69. The minimum Gasteiger partial charge on any atom is -0.337 e. The number of carbonyl (C=O) groups is 1. The number of aromatic nitrogens is 2. The molecule has 1 saturated heterocycles. The van der Waals surface area contributed by atoms with Crippen molar-refractivity contribution in [2.75, 3.05) is 19.3 Å². The average Bonchev–Trinajstić information content (AvgIpc) is 2.88. The molecule has 1 amide bonds. The summed E-state index contributed by atoms with van der Waals surface area (Å²) in [4.78, 5) is 18.7. The van der Waals surface area contributed by atoms with E-state index in [4.69, 9.17) is 0 Å². The van der Waals surface area contributed by atoms with E-state index in [0.29, 0.717) is 31.6 Å². The molecule has 0 radical (unpaired) electrons. The molecule has 1 fully saturated rings. The predicted molar refractivity (Wildman–Crippen MR) is 86.8 cm³/mol. The molecule has 8 heteroatoms. The van der Waals surface area contributed by atoms with E-state index < -0.39 is 10.0 Å². The zero-order valence-corrected chi connectivity index (χ0v) is 14.0. The van der Waals surface area contributed by atoms with Crippen molar-refractivity contribution in [3.63, 3.8) is 0 Å². The molecule has 1 aliphatic rings. The van der Waals surface area contributed by atoms with Crippen LogP contribution in [0.3, 0.4) is 0 Å². The summed E-state index contributed by atoms with van der Waals surface area (Å²) in [6, 6.07) is 3.79. The molecule has 7 nitrogen and oxygen atoms in total. The predicted octanol–water partition coefficient (Wildman–Crippen LogP) is 0.797. The molecule has 124 valence electrons. The largest absolute Gasteiger partial charge is 0.337 e. The van der Waals surface area contributed by atoms with Gasteiger partial charge >= 0.3 is 0 Å². The highest BCUT2D eigenvalue weighted by molar-refractivity contribution is 7.88. The van der Waals surface area contributed by atoms with Gasteiger partial charge in [0.15, 0.2) is 0 Å². The Labute approximate surface area is 135 Å². The fourth-order valence-electron chi connectivity index (χ4n) is 2.85. The zero-order chi connectivity index (χ0) is 16.6. The number of likely N-dealkylation sites (tertiary alicyclic amines) is 1. The molecule has 3 heterocycles. The highest BCUT2D eigenvalue weighted by Gasteiger charge is 2.26. The van der Waals surface area contributed by atoms with Crippen molar-refractivity contribution in [2.24, 2.45) is 0 Å². The molecule has 3 rings (SSSR count). The van der Waals surface area contributed by atoms with Gasteiger partial charge < -0.3 is 9.30 Å². The van der Waals surface area contributed by atoms with E-state index in [1.807, 2.05) is 29.7 Å². The maximum atomic E-state index is 12.6. The summed E-state index contributed by atoms with van der Waals surface area (Å²) in [6.07, 6.45) is 6.01. The first-order chi connectivity index (χ1) is 10.8. The van der Waals surface area contributed by atoms with Crippen LogP contribution >= 0.6 is 0 Å². The highest BCUT2D eigenvalue weighted by Crippen LogP contribution is 2.15. The van der Waals surface area contributed by atoms with Gasteiger partial charge in [-0.15, -0.1) is 0 Å². The number of imidazole rings is 1. The van der Waals surface area contributed by atoms with Crippen LogP contribution in [0.15, 0.2) is 24.5 Å². The van der Waals surface area contributed by atoms with Crippen LogP contribution in [0.25, 0.3) is 5.65 Å². The maximum Gasteiger partial charge on any atom is 0.274 e. The van der Waals surface area contributed by atoms with Crippen molar-refractivity contribution >= 4 is 21.6 Å². The Bertz CT molecular complexity index is 836. The van der Waals surface area contributed by atoms with E-state index in [2.05, 4.69) is 9.71 Å². The Morgan fingerprint density at radius 3 is 2.70 bits per heavy atom. The lowest BCUT2D eigenvalue weighted by Crippen LogP contribution is -2.46. The Kier molecular flexibility index (Phi) is 4.11. The number of sulfonamides is 1. The van der Waals surface area contributed by atoms with Gasteiger partial charge in [0.25, 0.3) is 5.91 Å². The smallest absolute Gasteiger partial charge is 0.274 e. The Balaban J connectivity index is 1.69. The summed E-state index contributed by atoms with van der Waals surface area (Å²) in [5.41, 5.74) is 2.27. The average molecular weight is 336 g/mol. The Morgan fingerprint density at radius 2 is 2.04 bits per heavy atom. The van der Waals surface area contributed by atoms with Gasteiger partial charge in [-0.3, -0.25) is 4.79 Å². The molecule has 0 unspecified atom stereocenters. The lowest BCUT2D eigenvalue weighted by atomic mass is 10.1. The van der Waals surface area contributed by atoms with Crippen molar-refractivity contribution in [3.05, 3.63) is 35.8 Å². The molecular weight excluding hydrogens is 316 g/mol. The van der Waals surface area contributed by atoms with Crippen LogP contribution in [-0.4, -0.2) is 54.0 Å². The standard InChI is InChI=1S/C15H20N4O3S/c1-11-3-6-19-10-13(16-14(19)9-11)15(20)18-7-4-12(5-8-18)17-23(2,21)22/h3,6,9-10,12,17H,4-5,7-8H2,1-2H3. The number of nitrogens with one attached hydrogen (secondary N) is 1. The normalized spacial score (nSPS) is 16.9. The van der Waals surface area contributed by atoms with Crippen molar-refractivity contribution in [2.45, 2.75) is 25.8 Å². The molecule has 23 heavy (non-hydrogen) atoms. The fraction of sp³-hybridized carbons (Fsp3) is 0.467. The first-order valence-corrected chi connectivity index (χ1v) is 9.43. The molecule has 2 aromatic rings. The van der Waals surface area contributed by atoms with Crippen LogP contribution in [0.4, 0.5) is 0 Å². The number of aryl methyl sites for hydroxylation is 1. The number of fused-ring (bicyclic) bond motifs is 1. The zero-order valence-electron chi connectivity index (χ0n) is 13.2. The number of nitrogens with zero attached hydrogens (tertiary/aromatic N) is 3. The molecule has 0 spiro atoms. The van der Waals surface area contributed by atoms with E-state index >= 15 is 0 Å². The molecule has 0 saturated carbocycles. The van der Waals surface area contributed by atoms with Crippen molar-refractivity contribution in [3.8, 4) is 0 Å². The number of pyridine rings is 1. The van der Waals surface area contributed by atoms with Crippen molar-refractivity contribution < 1.29 is 13.2 Å². The van der Waals surface area contributed by atoms with Gasteiger partial charge in [0.2, 0.25) is 10.0 Å². The van der Waals surface area contributed by atoms with Crippen LogP contribution in [-0.2, 0) is 10.0 Å². The summed E-state index contributed by atoms with van der Waals surface area (Å²) in [5, 5.41) is 0. The molecule has 0 aliphatic carbocycles. The molecule has 0 aromatic carbocycles. The topological polar surface area (TPSA) is 83.8 Å². The Hall–Kier alpha value is -1.93. The SMILES string of the molecule is Cc1ccn2cc(C(=O)N3CCC(NS(C)(=O)=O)CC3)nc2c1. The third-order valence-corrected chi connectivity index (χ3v) is 4.76. The van der Waals surface area contributed by atoms with Crippen LogP contribution in [0.2, 0.25) is 0 Å². The summed E-state index contributed by atoms with van der Waals surface area (Å²) >= 11 is 0. The third kappa shape index (κ3) is 3.70. The third-order valence-electron chi connectivity index (χ3n) is 4.00. The summed E-state index contributed by atoms with van der Waals surface area (Å²) in [7, 11) is -3.20. The lowest BCUT2D eigenvalue weighted by Gasteiger charge is -2.31. The number of hydrogen-bond acceptors (Lipinski definition) is 4. The van der Waals surface area contributed by atoms with Gasteiger partial charge in [0.05, 0.1) is 6.26 Å².